The van der Waals surface area contributed by atoms with E-state index in [1.165, 1.54) is 7.11 Å². The number of rotatable bonds is 3. The van der Waals surface area contributed by atoms with Gasteiger partial charge in [-0.2, -0.15) is 0 Å². The number of nitrogens with zero attached hydrogens (tertiary/aromatic N) is 1. The van der Waals surface area contributed by atoms with E-state index in [1.54, 1.807) is 24.3 Å². The third-order valence-electron chi connectivity index (χ3n) is 1.83. The van der Waals surface area contributed by atoms with Crippen LogP contribution in [-0.4, -0.2) is 35.1 Å². The Kier molecular flexibility index (Phi) is 3.41. The lowest BCUT2D eigenvalue weighted by Gasteiger charge is -2.17. The fraction of sp³-hybridized carbons (Fsp3) is 0.333. The molecule has 0 bridgehead atoms. The highest BCUT2D eigenvalue weighted by atomic mass is 16.6. The molecule has 0 heterocycles. The number of aliphatic carboxylic acids is 1. The summed E-state index contributed by atoms with van der Waals surface area (Å²) < 4.78 is 0. The summed E-state index contributed by atoms with van der Waals surface area (Å²) in [5.41, 5.74) is 0.393. The molecule has 5 nitrogen and oxygen atoms in total. The van der Waals surface area contributed by atoms with E-state index in [1.807, 2.05) is 0 Å². The first-order chi connectivity index (χ1) is 6.66. The number of hydrogen-bond acceptors (Lipinski definition) is 4. The van der Waals surface area contributed by atoms with Crippen LogP contribution in [0.5, 0.6) is 0 Å². The van der Waals surface area contributed by atoms with Crippen LogP contribution in [0.1, 0.15) is 0 Å². The maximum absolute atomic E-state index is 10.5. The van der Waals surface area contributed by atoms with Crippen molar-refractivity contribution in [2.45, 2.75) is 6.10 Å². The second-order valence-corrected chi connectivity index (χ2v) is 2.75. The highest BCUT2D eigenvalue weighted by Gasteiger charge is 2.28. The minimum atomic E-state index is -1.50. The number of hydrogen-bond donors (Lipinski definition) is 2. The Bertz CT molecular complexity index is 306. The van der Waals surface area contributed by atoms with E-state index in [0.717, 1.165) is 0 Å². The molecule has 14 heavy (non-hydrogen) atoms. The van der Waals surface area contributed by atoms with Crippen LogP contribution in [0.15, 0.2) is 29.5 Å². The maximum atomic E-state index is 10.5. The quantitative estimate of drug-likeness (QED) is 0.632. The van der Waals surface area contributed by atoms with Crippen LogP contribution in [0, 0.1) is 5.92 Å². The van der Waals surface area contributed by atoms with E-state index >= 15 is 0 Å². The topological polar surface area (TPSA) is 79.1 Å². The molecule has 1 rings (SSSR count). The molecule has 0 aromatic rings. The van der Waals surface area contributed by atoms with E-state index in [4.69, 9.17) is 5.11 Å². The first-order valence-electron chi connectivity index (χ1n) is 4.03. The van der Waals surface area contributed by atoms with Gasteiger partial charge in [0.2, 0.25) is 0 Å². The molecule has 0 radical (unpaired) electrons. The smallest absolute Gasteiger partial charge is 0.333 e. The summed E-state index contributed by atoms with van der Waals surface area (Å²) in [6.45, 7) is 0. The van der Waals surface area contributed by atoms with Gasteiger partial charge in [0.15, 0.2) is 6.10 Å². The second kappa shape index (κ2) is 4.57. The van der Waals surface area contributed by atoms with E-state index < -0.39 is 18.0 Å². The van der Waals surface area contributed by atoms with Crippen molar-refractivity contribution in [1.82, 2.24) is 0 Å². The van der Waals surface area contributed by atoms with Gasteiger partial charge in [-0.1, -0.05) is 23.4 Å². The average molecular weight is 197 g/mol. The number of carboxylic acid groups (broad SMARTS) is 1. The Morgan fingerprint density at radius 1 is 1.64 bits per heavy atom. The van der Waals surface area contributed by atoms with Crippen LogP contribution in [0.4, 0.5) is 0 Å². The molecule has 0 saturated heterocycles. The summed E-state index contributed by atoms with van der Waals surface area (Å²) in [4.78, 5) is 15.1. The van der Waals surface area contributed by atoms with E-state index in [0.29, 0.717) is 5.71 Å². The third-order valence-corrected chi connectivity index (χ3v) is 1.83. The Labute approximate surface area is 81.0 Å². The molecule has 1 aliphatic rings. The van der Waals surface area contributed by atoms with E-state index in [9.17, 15) is 9.90 Å². The summed E-state index contributed by atoms with van der Waals surface area (Å²) in [6, 6.07) is 0. The molecule has 5 heteroatoms. The molecule has 0 fully saturated rings. The lowest BCUT2D eigenvalue weighted by atomic mass is 9.93. The van der Waals surface area contributed by atoms with Gasteiger partial charge in [-0.05, 0) is 6.08 Å². The van der Waals surface area contributed by atoms with Crippen molar-refractivity contribution in [1.29, 1.82) is 0 Å². The molecule has 0 spiro atoms. The summed E-state index contributed by atoms with van der Waals surface area (Å²) in [7, 11) is 1.36. The van der Waals surface area contributed by atoms with Crippen molar-refractivity contribution in [2.24, 2.45) is 11.1 Å². The summed E-state index contributed by atoms with van der Waals surface area (Å²) in [5.74, 6) is -1.93. The SMILES string of the molecule is CON=C1C=CC=CC1C(O)C(=O)O. The predicted molar refractivity (Wildman–Crippen MR) is 49.9 cm³/mol. The molecule has 1 aliphatic carbocycles. The van der Waals surface area contributed by atoms with Gasteiger partial charge in [0, 0.05) is 0 Å². The lowest BCUT2D eigenvalue weighted by Crippen LogP contribution is -2.33. The van der Waals surface area contributed by atoms with Crippen molar-refractivity contribution in [3.05, 3.63) is 24.3 Å². The number of aliphatic hydroxyl groups excluding tert-OH is 1. The zero-order valence-electron chi connectivity index (χ0n) is 7.62. The molecule has 2 unspecified atom stereocenters. The number of oxime groups is 1. The van der Waals surface area contributed by atoms with Crippen LogP contribution in [0.3, 0.4) is 0 Å². The number of allylic oxidation sites excluding steroid dienone is 3. The first-order valence-corrected chi connectivity index (χ1v) is 4.03. The largest absolute Gasteiger partial charge is 0.479 e. The van der Waals surface area contributed by atoms with Crippen LogP contribution in [-0.2, 0) is 9.63 Å². The molecule has 76 valence electrons. The lowest BCUT2D eigenvalue weighted by molar-refractivity contribution is -0.147. The van der Waals surface area contributed by atoms with Crippen LogP contribution < -0.4 is 0 Å². The number of aliphatic hydroxyl groups is 1. The Balaban J connectivity index is 2.85. The summed E-state index contributed by atoms with van der Waals surface area (Å²) >= 11 is 0. The van der Waals surface area contributed by atoms with Crippen LogP contribution >= 0.6 is 0 Å². The minimum Gasteiger partial charge on any atom is -0.479 e. The Morgan fingerprint density at radius 3 is 2.93 bits per heavy atom. The van der Waals surface area contributed by atoms with Crippen molar-refractivity contribution < 1.29 is 19.8 Å². The maximum Gasteiger partial charge on any atom is 0.333 e. The molecule has 0 aromatic heterocycles. The normalized spacial score (nSPS) is 25.0. The van der Waals surface area contributed by atoms with Crippen molar-refractivity contribution in [3.8, 4) is 0 Å². The third kappa shape index (κ3) is 2.20. The summed E-state index contributed by atoms with van der Waals surface area (Å²) in [5, 5.41) is 21.6. The fourth-order valence-corrected chi connectivity index (χ4v) is 1.16. The van der Waals surface area contributed by atoms with E-state index in [2.05, 4.69) is 9.99 Å². The number of carboxylic acids is 1. The van der Waals surface area contributed by atoms with Gasteiger partial charge in [0.25, 0.3) is 0 Å². The van der Waals surface area contributed by atoms with Gasteiger partial charge in [-0.3, -0.25) is 0 Å². The highest BCUT2D eigenvalue weighted by molar-refractivity contribution is 6.01. The average Bonchev–Trinajstić information content (AvgIpc) is 2.18. The Hall–Kier alpha value is -1.62. The highest BCUT2D eigenvalue weighted by Crippen LogP contribution is 2.14. The van der Waals surface area contributed by atoms with Gasteiger partial charge in [0.05, 0.1) is 11.6 Å². The minimum absolute atomic E-state index is 0.393. The van der Waals surface area contributed by atoms with Crippen LogP contribution in [0.25, 0.3) is 0 Å². The van der Waals surface area contributed by atoms with Gasteiger partial charge < -0.3 is 15.1 Å². The molecule has 0 saturated carbocycles. The predicted octanol–water partition coefficient (Wildman–Crippen LogP) is 0.176. The molecule has 0 aromatic carbocycles. The zero-order chi connectivity index (χ0) is 10.6. The van der Waals surface area contributed by atoms with Gasteiger partial charge in [0.1, 0.15) is 7.11 Å². The molecule has 0 aliphatic heterocycles. The number of carbonyl (C=O) groups is 1. The van der Waals surface area contributed by atoms with Crippen molar-refractivity contribution >= 4 is 11.7 Å². The molecular weight excluding hydrogens is 186 g/mol. The fourth-order valence-electron chi connectivity index (χ4n) is 1.16. The van der Waals surface area contributed by atoms with Gasteiger partial charge in [-0.15, -0.1) is 0 Å². The molecule has 2 N–H and O–H groups in total. The second-order valence-electron chi connectivity index (χ2n) is 2.75. The standard InChI is InChI=1S/C9H11NO4/c1-14-10-7-5-3-2-4-6(7)8(11)9(12)13/h2-6,8,11H,1H3,(H,12,13). The summed E-state index contributed by atoms with van der Waals surface area (Å²) in [6.07, 6.45) is 5.02. The molecule has 0 amide bonds. The molecular formula is C9H11NO4. The van der Waals surface area contributed by atoms with Crippen molar-refractivity contribution in [2.75, 3.05) is 7.11 Å². The Morgan fingerprint density at radius 2 is 2.36 bits per heavy atom. The van der Waals surface area contributed by atoms with Gasteiger partial charge >= 0.3 is 5.97 Å². The van der Waals surface area contributed by atoms with E-state index in [-0.39, 0.29) is 0 Å². The monoisotopic (exact) mass is 197 g/mol. The van der Waals surface area contributed by atoms with Gasteiger partial charge in [-0.25, -0.2) is 4.79 Å². The van der Waals surface area contributed by atoms with Crippen LogP contribution in [0.2, 0.25) is 0 Å². The zero-order valence-corrected chi connectivity index (χ0v) is 7.62. The van der Waals surface area contributed by atoms with Crippen molar-refractivity contribution in [3.63, 3.8) is 0 Å². The molecule has 2 atom stereocenters. The first kappa shape index (κ1) is 10.5.